The van der Waals surface area contributed by atoms with Gasteiger partial charge in [0.2, 0.25) is 5.89 Å². The van der Waals surface area contributed by atoms with Gasteiger partial charge in [-0.1, -0.05) is 0 Å². The molecule has 0 aliphatic carbocycles. The monoisotopic (exact) mass is 384 g/mol. The van der Waals surface area contributed by atoms with E-state index in [4.69, 9.17) is 4.42 Å². The molecule has 0 aromatic carbocycles. The fourth-order valence-corrected chi connectivity index (χ4v) is 3.53. The minimum Gasteiger partial charge on any atom is -0.444 e. The minimum atomic E-state index is -0.332. The van der Waals surface area contributed by atoms with Crippen LogP contribution in [0.15, 0.2) is 21.5 Å². The molecule has 0 unspecified atom stereocenters. The van der Waals surface area contributed by atoms with Gasteiger partial charge in [-0.3, -0.25) is 14.7 Å². The van der Waals surface area contributed by atoms with Crippen molar-refractivity contribution in [3.05, 3.63) is 45.7 Å². The normalized spacial score (nSPS) is 15.9. The summed E-state index contributed by atoms with van der Waals surface area (Å²) < 4.78 is 5.66. The molecule has 148 valence electrons. The predicted octanol–water partition coefficient (Wildman–Crippen LogP) is 1.50. The van der Waals surface area contributed by atoms with Crippen LogP contribution in [0.25, 0.3) is 11.2 Å². The number of nitrogens with one attached hydrogen (secondary N) is 3. The number of imidazole rings is 1. The number of H-pyrrole nitrogens is 2. The number of carbonyl (C=O) groups is 1. The molecule has 1 amide bonds. The van der Waals surface area contributed by atoms with Crippen molar-refractivity contribution < 1.29 is 9.21 Å². The van der Waals surface area contributed by atoms with Crippen molar-refractivity contribution in [2.75, 3.05) is 19.6 Å². The SMILES string of the molecule is Cc1nc(CN2CCC(CNC(=O)c3cnc4[nH]c(=O)[nH]c4c3)CC2)oc1C. The number of amides is 1. The first-order valence-corrected chi connectivity index (χ1v) is 9.49. The van der Waals surface area contributed by atoms with Gasteiger partial charge in [-0.05, 0) is 51.8 Å². The molecule has 0 saturated carbocycles. The third kappa shape index (κ3) is 3.99. The molecular formula is C19H24N6O3. The molecule has 1 aliphatic rings. The molecule has 3 aromatic rings. The first kappa shape index (κ1) is 18.4. The number of hydrogen-bond donors (Lipinski definition) is 3. The number of aromatic nitrogens is 4. The van der Waals surface area contributed by atoms with Crippen LogP contribution in [0.3, 0.4) is 0 Å². The van der Waals surface area contributed by atoms with Crippen LogP contribution in [0.2, 0.25) is 0 Å². The maximum absolute atomic E-state index is 12.4. The Kier molecular flexibility index (Phi) is 4.99. The van der Waals surface area contributed by atoms with Crippen molar-refractivity contribution in [3.63, 3.8) is 0 Å². The van der Waals surface area contributed by atoms with E-state index in [0.717, 1.165) is 49.8 Å². The summed E-state index contributed by atoms with van der Waals surface area (Å²) in [6.45, 7) is 7.16. The fraction of sp³-hybridized carbons (Fsp3) is 0.474. The molecule has 3 aromatic heterocycles. The lowest BCUT2D eigenvalue weighted by Gasteiger charge is -2.31. The molecule has 0 bridgehead atoms. The van der Waals surface area contributed by atoms with Crippen LogP contribution in [0, 0.1) is 19.8 Å². The van der Waals surface area contributed by atoms with Crippen molar-refractivity contribution in [1.29, 1.82) is 0 Å². The summed E-state index contributed by atoms with van der Waals surface area (Å²) in [4.78, 5) is 39.8. The van der Waals surface area contributed by atoms with Crippen molar-refractivity contribution in [2.24, 2.45) is 5.92 Å². The van der Waals surface area contributed by atoms with Gasteiger partial charge in [0.15, 0.2) is 5.65 Å². The number of carbonyl (C=O) groups excluding carboxylic acids is 1. The average Bonchev–Trinajstić information content (AvgIpc) is 3.20. The number of piperidine rings is 1. The van der Waals surface area contributed by atoms with Crippen molar-refractivity contribution in [3.8, 4) is 0 Å². The molecule has 1 saturated heterocycles. The molecule has 0 atom stereocenters. The molecule has 28 heavy (non-hydrogen) atoms. The number of rotatable bonds is 5. The topological polar surface area (TPSA) is 120 Å². The first-order valence-electron chi connectivity index (χ1n) is 9.49. The lowest BCUT2D eigenvalue weighted by Crippen LogP contribution is -2.38. The summed E-state index contributed by atoms with van der Waals surface area (Å²) in [5, 5.41) is 2.98. The molecule has 3 N–H and O–H groups in total. The maximum atomic E-state index is 12.4. The van der Waals surface area contributed by atoms with Gasteiger partial charge in [0.1, 0.15) is 5.76 Å². The summed E-state index contributed by atoms with van der Waals surface area (Å²) in [7, 11) is 0. The van der Waals surface area contributed by atoms with Gasteiger partial charge < -0.3 is 14.7 Å². The molecule has 9 nitrogen and oxygen atoms in total. The number of likely N-dealkylation sites (tertiary alicyclic amines) is 1. The molecule has 1 fully saturated rings. The molecule has 1 aliphatic heterocycles. The number of pyridine rings is 1. The Morgan fingerprint density at radius 2 is 2.11 bits per heavy atom. The van der Waals surface area contributed by atoms with Crippen LogP contribution in [0.5, 0.6) is 0 Å². The van der Waals surface area contributed by atoms with Crippen molar-refractivity contribution >= 4 is 17.1 Å². The van der Waals surface area contributed by atoms with Gasteiger partial charge >= 0.3 is 5.69 Å². The quantitative estimate of drug-likeness (QED) is 0.613. The summed E-state index contributed by atoms with van der Waals surface area (Å²) in [6.07, 6.45) is 3.51. The Hall–Kier alpha value is -2.94. The summed E-state index contributed by atoms with van der Waals surface area (Å²) in [5.41, 5.74) is 2.04. The third-order valence-corrected chi connectivity index (χ3v) is 5.32. The van der Waals surface area contributed by atoms with Crippen molar-refractivity contribution in [2.45, 2.75) is 33.2 Å². The summed E-state index contributed by atoms with van der Waals surface area (Å²) in [6, 6.07) is 1.64. The van der Waals surface area contributed by atoms with E-state index in [1.165, 1.54) is 6.20 Å². The van der Waals surface area contributed by atoms with Gasteiger partial charge in [-0.15, -0.1) is 0 Å². The Balaban J connectivity index is 1.26. The zero-order valence-corrected chi connectivity index (χ0v) is 16.0. The lowest BCUT2D eigenvalue weighted by atomic mass is 9.96. The van der Waals surface area contributed by atoms with Crippen LogP contribution in [-0.4, -0.2) is 50.4 Å². The molecule has 4 heterocycles. The number of aromatic amines is 2. The second-order valence-electron chi connectivity index (χ2n) is 7.38. The number of nitrogens with zero attached hydrogens (tertiary/aromatic N) is 3. The van der Waals surface area contributed by atoms with E-state index >= 15 is 0 Å². The van der Waals surface area contributed by atoms with E-state index < -0.39 is 0 Å². The van der Waals surface area contributed by atoms with Crippen LogP contribution in [-0.2, 0) is 6.54 Å². The Morgan fingerprint density at radius 1 is 1.32 bits per heavy atom. The molecule has 4 rings (SSSR count). The van der Waals surface area contributed by atoms with Gasteiger partial charge in [-0.25, -0.2) is 14.8 Å². The largest absolute Gasteiger partial charge is 0.444 e. The Morgan fingerprint density at radius 3 is 2.82 bits per heavy atom. The third-order valence-electron chi connectivity index (χ3n) is 5.32. The van der Waals surface area contributed by atoms with Gasteiger partial charge in [-0.2, -0.15) is 0 Å². The maximum Gasteiger partial charge on any atom is 0.325 e. The molecule has 9 heteroatoms. The zero-order chi connectivity index (χ0) is 19.7. The van der Waals surface area contributed by atoms with Crippen molar-refractivity contribution in [1.82, 2.24) is 30.2 Å². The molecule has 0 spiro atoms. The van der Waals surface area contributed by atoms with E-state index in [0.29, 0.717) is 29.2 Å². The standard InChI is InChI=1S/C19H24N6O3/c1-11-12(2)28-16(22-11)10-25-5-3-13(4-6-25)8-21-18(26)14-7-15-17(20-9-14)24-19(27)23-15/h7,9,13H,3-6,8,10H2,1-2H3,(H,21,26)(H2,20,23,24,27). The van der Waals surface area contributed by atoms with Crippen LogP contribution < -0.4 is 11.0 Å². The van der Waals surface area contributed by atoms with E-state index in [1.54, 1.807) is 6.07 Å². The highest BCUT2D eigenvalue weighted by Gasteiger charge is 2.21. The zero-order valence-electron chi connectivity index (χ0n) is 16.0. The van der Waals surface area contributed by atoms with E-state index in [9.17, 15) is 9.59 Å². The lowest BCUT2D eigenvalue weighted by molar-refractivity contribution is 0.0933. The Bertz CT molecular complexity index is 1020. The van der Waals surface area contributed by atoms with Gasteiger partial charge in [0.05, 0.1) is 23.3 Å². The van der Waals surface area contributed by atoms with Crippen LogP contribution >= 0.6 is 0 Å². The van der Waals surface area contributed by atoms with Gasteiger partial charge in [0.25, 0.3) is 5.91 Å². The Labute approximate surface area is 161 Å². The van der Waals surface area contributed by atoms with Crippen LogP contribution in [0.1, 0.15) is 40.5 Å². The minimum absolute atomic E-state index is 0.176. The second kappa shape index (κ2) is 7.59. The van der Waals surface area contributed by atoms with Gasteiger partial charge in [0, 0.05) is 12.7 Å². The first-order chi connectivity index (χ1) is 13.5. The number of hydrogen-bond acceptors (Lipinski definition) is 6. The highest BCUT2D eigenvalue weighted by Crippen LogP contribution is 2.19. The van der Waals surface area contributed by atoms with E-state index in [1.807, 2.05) is 13.8 Å². The number of aryl methyl sites for hydroxylation is 2. The fourth-order valence-electron chi connectivity index (χ4n) is 3.53. The van der Waals surface area contributed by atoms with E-state index in [-0.39, 0.29) is 11.6 Å². The smallest absolute Gasteiger partial charge is 0.325 e. The molecular weight excluding hydrogens is 360 g/mol. The highest BCUT2D eigenvalue weighted by atomic mass is 16.4. The highest BCUT2D eigenvalue weighted by molar-refractivity contribution is 5.96. The van der Waals surface area contributed by atoms with Crippen LogP contribution in [0.4, 0.5) is 0 Å². The summed E-state index contributed by atoms with van der Waals surface area (Å²) >= 11 is 0. The number of fused-ring (bicyclic) bond motifs is 1. The van der Waals surface area contributed by atoms with E-state index in [2.05, 4.69) is 30.2 Å². The summed E-state index contributed by atoms with van der Waals surface area (Å²) in [5.74, 6) is 1.91. The predicted molar refractivity (Wildman–Crippen MR) is 103 cm³/mol. The number of oxazole rings is 1. The average molecular weight is 384 g/mol. The second-order valence-corrected chi connectivity index (χ2v) is 7.38. The molecule has 0 radical (unpaired) electrons.